The first-order valence-electron chi connectivity index (χ1n) is 8.78. The third kappa shape index (κ3) is 4.78. The molecule has 2 aromatic carbocycles. The second kappa shape index (κ2) is 8.79. The summed E-state index contributed by atoms with van der Waals surface area (Å²) in [5.74, 6) is 0.711. The number of halogens is 2. The first-order valence-corrected chi connectivity index (χ1v) is 11.0. The Morgan fingerprint density at radius 1 is 1.10 bits per heavy atom. The van der Waals surface area contributed by atoms with Crippen LogP contribution in [-0.2, 0) is 16.4 Å². The number of hydrogen-bond donors (Lipinski definition) is 1. The summed E-state index contributed by atoms with van der Waals surface area (Å²) < 4.78 is 36.8. The number of nitrogens with one attached hydrogen (secondary N) is 1. The normalized spacial score (nSPS) is 13.4. The van der Waals surface area contributed by atoms with Crippen molar-refractivity contribution >= 4 is 39.1 Å². The molecule has 0 spiro atoms. The maximum absolute atomic E-state index is 12.5. The molecular formula is C19H20Cl2N2O5S. The second-order valence-electron chi connectivity index (χ2n) is 6.54. The second-order valence-corrected chi connectivity index (χ2v) is 9.48. The van der Waals surface area contributed by atoms with Gasteiger partial charge in [0.25, 0.3) is 5.91 Å². The van der Waals surface area contributed by atoms with Gasteiger partial charge < -0.3 is 14.8 Å². The summed E-state index contributed by atoms with van der Waals surface area (Å²) in [6.45, 7) is 1.24. The van der Waals surface area contributed by atoms with Crippen LogP contribution < -0.4 is 14.8 Å². The zero-order chi connectivity index (χ0) is 21.2. The van der Waals surface area contributed by atoms with Crippen molar-refractivity contribution in [2.75, 3.05) is 33.9 Å². The minimum Gasteiger partial charge on any atom is -0.486 e. The lowest BCUT2D eigenvalue weighted by Gasteiger charge is -2.20. The van der Waals surface area contributed by atoms with Crippen molar-refractivity contribution < 1.29 is 22.7 Å². The van der Waals surface area contributed by atoms with Crippen LogP contribution in [0.3, 0.4) is 0 Å². The molecule has 0 aromatic heterocycles. The van der Waals surface area contributed by atoms with E-state index in [1.165, 1.54) is 32.3 Å². The van der Waals surface area contributed by atoms with Gasteiger partial charge in [0.1, 0.15) is 18.1 Å². The van der Waals surface area contributed by atoms with Gasteiger partial charge in [0.15, 0.2) is 11.5 Å². The van der Waals surface area contributed by atoms with E-state index in [0.29, 0.717) is 42.7 Å². The van der Waals surface area contributed by atoms with E-state index in [4.69, 9.17) is 32.7 Å². The molecule has 2 aromatic rings. The summed E-state index contributed by atoms with van der Waals surface area (Å²) in [6.07, 6.45) is 0.512. The average Bonchev–Trinajstić information content (AvgIpc) is 2.68. The molecule has 0 unspecified atom stereocenters. The minimum atomic E-state index is -3.76. The molecule has 10 heteroatoms. The van der Waals surface area contributed by atoms with Gasteiger partial charge in [-0.3, -0.25) is 4.79 Å². The van der Waals surface area contributed by atoms with E-state index in [1.807, 2.05) is 6.07 Å². The molecule has 29 heavy (non-hydrogen) atoms. The van der Waals surface area contributed by atoms with Gasteiger partial charge in [-0.1, -0.05) is 23.2 Å². The van der Waals surface area contributed by atoms with E-state index in [-0.39, 0.29) is 15.5 Å². The number of nitrogens with zero attached hydrogens (tertiary/aromatic N) is 1. The van der Waals surface area contributed by atoms with Crippen LogP contribution in [0.1, 0.15) is 15.9 Å². The lowest BCUT2D eigenvalue weighted by atomic mass is 10.1. The SMILES string of the molecule is CN(C)S(=O)(=O)c1cc(C(=O)NCCc2cc(Cl)c3c(c2)OCCO3)ccc1Cl. The highest BCUT2D eigenvalue weighted by Crippen LogP contribution is 2.38. The van der Waals surface area contributed by atoms with Gasteiger partial charge >= 0.3 is 0 Å². The average molecular weight is 459 g/mol. The fourth-order valence-corrected chi connectivity index (χ4v) is 4.45. The maximum Gasteiger partial charge on any atom is 0.251 e. The predicted octanol–water partition coefficient (Wildman–Crippen LogP) is 2.99. The molecule has 0 fully saturated rings. The van der Waals surface area contributed by atoms with Gasteiger partial charge in [0.2, 0.25) is 10.0 Å². The van der Waals surface area contributed by atoms with E-state index in [9.17, 15) is 13.2 Å². The van der Waals surface area contributed by atoms with Crippen LogP contribution in [0.5, 0.6) is 11.5 Å². The van der Waals surface area contributed by atoms with Crippen LogP contribution in [0.2, 0.25) is 10.0 Å². The Kier molecular flexibility index (Phi) is 6.58. The summed E-state index contributed by atoms with van der Waals surface area (Å²) in [5, 5.41) is 3.28. The fraction of sp³-hybridized carbons (Fsp3) is 0.316. The summed E-state index contributed by atoms with van der Waals surface area (Å²) in [4.78, 5) is 12.3. The Morgan fingerprint density at radius 2 is 1.83 bits per heavy atom. The molecular weight excluding hydrogens is 439 g/mol. The molecule has 0 radical (unpaired) electrons. The minimum absolute atomic E-state index is 0.0566. The lowest BCUT2D eigenvalue weighted by molar-refractivity contribution is 0.0954. The van der Waals surface area contributed by atoms with Crippen molar-refractivity contribution in [3.8, 4) is 11.5 Å². The molecule has 0 saturated carbocycles. The van der Waals surface area contributed by atoms with Crippen LogP contribution >= 0.6 is 23.2 Å². The van der Waals surface area contributed by atoms with Crippen LogP contribution in [-0.4, -0.2) is 52.5 Å². The molecule has 1 aliphatic rings. The summed E-state index contributed by atoms with van der Waals surface area (Å²) in [5.41, 5.74) is 1.08. The van der Waals surface area contributed by atoms with Crippen molar-refractivity contribution in [3.05, 3.63) is 51.5 Å². The molecule has 1 aliphatic heterocycles. The number of ether oxygens (including phenoxy) is 2. The van der Waals surface area contributed by atoms with Crippen molar-refractivity contribution in [3.63, 3.8) is 0 Å². The van der Waals surface area contributed by atoms with Crippen LogP contribution in [0, 0.1) is 0 Å². The Bertz CT molecular complexity index is 1040. The summed E-state index contributed by atoms with van der Waals surface area (Å²) >= 11 is 12.2. The largest absolute Gasteiger partial charge is 0.486 e. The van der Waals surface area contributed by atoms with E-state index in [0.717, 1.165) is 9.87 Å². The number of hydrogen-bond acceptors (Lipinski definition) is 5. The molecule has 0 saturated heterocycles. The van der Waals surface area contributed by atoms with Gasteiger partial charge in [0, 0.05) is 26.2 Å². The Hall–Kier alpha value is -2.00. The zero-order valence-corrected chi connectivity index (χ0v) is 18.2. The molecule has 0 bridgehead atoms. The molecule has 0 atom stereocenters. The summed E-state index contributed by atoms with van der Waals surface area (Å²) in [7, 11) is -0.960. The van der Waals surface area contributed by atoms with E-state index in [2.05, 4.69) is 5.32 Å². The molecule has 3 rings (SSSR count). The number of rotatable bonds is 6. The molecule has 7 nitrogen and oxygen atoms in total. The highest BCUT2D eigenvalue weighted by Gasteiger charge is 2.22. The molecule has 0 aliphatic carbocycles. The first kappa shape index (κ1) is 21.7. The maximum atomic E-state index is 12.5. The Labute approximate surface area is 179 Å². The molecule has 156 valence electrons. The molecule has 1 amide bonds. The third-order valence-corrected chi connectivity index (χ3v) is 6.89. The fourth-order valence-electron chi connectivity index (χ4n) is 2.77. The highest BCUT2D eigenvalue weighted by molar-refractivity contribution is 7.89. The van der Waals surface area contributed by atoms with Gasteiger partial charge in [0.05, 0.1) is 10.0 Å². The van der Waals surface area contributed by atoms with Crippen LogP contribution in [0.4, 0.5) is 0 Å². The number of carbonyl (C=O) groups excluding carboxylic acids is 1. The molecule has 1 heterocycles. The number of sulfonamides is 1. The standard InChI is InChI=1S/C19H20Cl2N2O5S/c1-23(2)29(25,26)17-11-13(3-4-14(17)20)19(24)22-6-5-12-9-15(21)18-16(10-12)27-7-8-28-18/h3-4,9-11H,5-8H2,1-2H3,(H,22,24). The number of amides is 1. The lowest BCUT2D eigenvalue weighted by Crippen LogP contribution is -2.27. The van der Waals surface area contributed by atoms with E-state index in [1.54, 1.807) is 6.07 Å². The number of fused-ring (bicyclic) bond motifs is 1. The van der Waals surface area contributed by atoms with Gasteiger partial charge in [-0.15, -0.1) is 0 Å². The topological polar surface area (TPSA) is 84.9 Å². The van der Waals surface area contributed by atoms with Crippen molar-refractivity contribution in [1.29, 1.82) is 0 Å². The number of carbonyl (C=O) groups is 1. The van der Waals surface area contributed by atoms with Crippen molar-refractivity contribution in [2.45, 2.75) is 11.3 Å². The first-order chi connectivity index (χ1) is 13.7. The Morgan fingerprint density at radius 3 is 2.55 bits per heavy atom. The van der Waals surface area contributed by atoms with E-state index >= 15 is 0 Å². The van der Waals surface area contributed by atoms with Gasteiger partial charge in [-0.2, -0.15) is 0 Å². The van der Waals surface area contributed by atoms with Gasteiger partial charge in [-0.05, 0) is 42.3 Å². The van der Waals surface area contributed by atoms with Crippen molar-refractivity contribution in [1.82, 2.24) is 9.62 Å². The smallest absolute Gasteiger partial charge is 0.251 e. The van der Waals surface area contributed by atoms with Crippen molar-refractivity contribution in [2.24, 2.45) is 0 Å². The monoisotopic (exact) mass is 458 g/mol. The zero-order valence-electron chi connectivity index (χ0n) is 15.9. The highest BCUT2D eigenvalue weighted by atomic mass is 35.5. The van der Waals surface area contributed by atoms with Crippen LogP contribution in [0.25, 0.3) is 0 Å². The molecule has 1 N–H and O–H groups in total. The Balaban J connectivity index is 1.68. The quantitative estimate of drug-likeness (QED) is 0.718. The third-order valence-electron chi connectivity index (χ3n) is 4.31. The predicted molar refractivity (Wildman–Crippen MR) is 111 cm³/mol. The van der Waals surface area contributed by atoms with Gasteiger partial charge in [-0.25, -0.2) is 12.7 Å². The van der Waals surface area contributed by atoms with E-state index < -0.39 is 15.9 Å². The van der Waals surface area contributed by atoms with Crippen LogP contribution in [0.15, 0.2) is 35.2 Å². The number of benzene rings is 2. The summed E-state index contributed by atoms with van der Waals surface area (Å²) in [6, 6.07) is 7.75.